The summed E-state index contributed by atoms with van der Waals surface area (Å²) in [5, 5.41) is 6.73. The van der Waals surface area contributed by atoms with Crippen molar-refractivity contribution in [2.75, 3.05) is 48.4 Å². The van der Waals surface area contributed by atoms with Crippen molar-refractivity contribution in [3.8, 4) is 0 Å². The van der Waals surface area contributed by atoms with E-state index in [1.165, 1.54) is 0 Å². The van der Waals surface area contributed by atoms with Gasteiger partial charge in [-0.05, 0) is 36.4 Å². The average Bonchev–Trinajstić information content (AvgIpc) is 2.63. The number of anilines is 3. The van der Waals surface area contributed by atoms with E-state index >= 15 is 0 Å². The first-order valence-electron chi connectivity index (χ1n) is 8.04. The Bertz CT molecular complexity index is 734. The lowest BCUT2D eigenvalue weighted by Crippen LogP contribution is -2.37. The first-order valence-corrected chi connectivity index (χ1v) is 9.21. The van der Waals surface area contributed by atoms with E-state index in [0.29, 0.717) is 18.2 Å². The zero-order valence-corrected chi connectivity index (χ0v) is 15.9. The Morgan fingerprint density at radius 1 is 1.16 bits per heavy atom. The van der Waals surface area contributed by atoms with Gasteiger partial charge in [0.05, 0.1) is 36.2 Å². The summed E-state index contributed by atoms with van der Waals surface area (Å²) < 4.78 is 6.37. The fraction of sp³-hybridized carbons (Fsp3) is 0.278. The normalized spacial score (nSPS) is 14.2. The van der Waals surface area contributed by atoms with E-state index in [4.69, 9.17) is 16.3 Å². The fourth-order valence-corrected chi connectivity index (χ4v) is 3.24. The van der Waals surface area contributed by atoms with E-state index in [2.05, 4.69) is 31.5 Å². The maximum atomic E-state index is 12.2. The van der Waals surface area contributed by atoms with Gasteiger partial charge in [0.1, 0.15) is 0 Å². The van der Waals surface area contributed by atoms with Crippen LogP contribution in [0, 0.1) is 0 Å². The highest BCUT2D eigenvalue weighted by atomic mass is 79.9. The lowest BCUT2D eigenvalue weighted by Gasteiger charge is -2.31. The Kier molecular flexibility index (Phi) is 6.18. The predicted octanol–water partition coefficient (Wildman–Crippen LogP) is 3.99. The molecule has 0 atom stereocenters. The number of nitrogens with one attached hydrogen (secondary N) is 2. The van der Waals surface area contributed by atoms with Crippen LogP contribution in [0.1, 0.15) is 0 Å². The van der Waals surface area contributed by atoms with Crippen LogP contribution < -0.4 is 15.5 Å². The van der Waals surface area contributed by atoms with Crippen LogP contribution in [0.25, 0.3) is 0 Å². The number of hydrogen-bond donors (Lipinski definition) is 2. The third-order valence-corrected chi connectivity index (χ3v) is 4.72. The van der Waals surface area contributed by atoms with E-state index in [-0.39, 0.29) is 12.5 Å². The van der Waals surface area contributed by atoms with Gasteiger partial charge in [0.25, 0.3) is 0 Å². The van der Waals surface area contributed by atoms with E-state index in [1.54, 1.807) is 0 Å². The van der Waals surface area contributed by atoms with Crippen molar-refractivity contribution in [3.63, 3.8) is 0 Å². The van der Waals surface area contributed by atoms with Gasteiger partial charge in [-0.15, -0.1) is 0 Å². The van der Waals surface area contributed by atoms with Crippen LogP contribution >= 0.6 is 27.5 Å². The van der Waals surface area contributed by atoms with Gasteiger partial charge in [0.15, 0.2) is 0 Å². The number of hydrogen-bond acceptors (Lipinski definition) is 4. The minimum Gasteiger partial charge on any atom is -0.378 e. The van der Waals surface area contributed by atoms with Crippen LogP contribution in [0.3, 0.4) is 0 Å². The van der Waals surface area contributed by atoms with Crippen molar-refractivity contribution in [3.05, 3.63) is 52.0 Å². The molecule has 1 fully saturated rings. The average molecular weight is 425 g/mol. The quantitative estimate of drug-likeness (QED) is 0.762. The van der Waals surface area contributed by atoms with Crippen LogP contribution in [0.15, 0.2) is 46.9 Å². The third-order valence-electron chi connectivity index (χ3n) is 3.88. The molecular weight excluding hydrogens is 406 g/mol. The standard InChI is InChI=1S/C18H19BrClN3O2/c19-13-4-6-14(7-5-13)22-17(24)12-21-16-3-1-2-15(20)18(16)23-8-10-25-11-9-23/h1-7,21H,8-12H2,(H,22,24). The SMILES string of the molecule is O=C(CNc1cccc(Cl)c1N1CCOCC1)Nc1ccc(Br)cc1. The molecular formula is C18H19BrClN3O2. The van der Waals surface area contributed by atoms with Crippen LogP contribution in [-0.4, -0.2) is 38.8 Å². The molecule has 7 heteroatoms. The maximum Gasteiger partial charge on any atom is 0.243 e. The molecule has 1 heterocycles. The number of carbonyl (C=O) groups is 1. The molecule has 1 aliphatic heterocycles. The van der Waals surface area contributed by atoms with Crippen molar-refractivity contribution < 1.29 is 9.53 Å². The number of ether oxygens (including phenoxy) is 1. The molecule has 2 aromatic rings. The van der Waals surface area contributed by atoms with E-state index in [1.807, 2.05) is 42.5 Å². The van der Waals surface area contributed by atoms with E-state index in [0.717, 1.165) is 34.6 Å². The number of para-hydroxylation sites is 1. The Morgan fingerprint density at radius 2 is 1.88 bits per heavy atom. The molecule has 2 N–H and O–H groups in total. The van der Waals surface area contributed by atoms with Gasteiger partial charge in [-0.25, -0.2) is 0 Å². The van der Waals surface area contributed by atoms with Gasteiger partial charge >= 0.3 is 0 Å². The smallest absolute Gasteiger partial charge is 0.243 e. The van der Waals surface area contributed by atoms with Gasteiger partial charge < -0.3 is 20.3 Å². The van der Waals surface area contributed by atoms with Crippen LogP contribution in [0.2, 0.25) is 5.02 Å². The largest absolute Gasteiger partial charge is 0.378 e. The highest BCUT2D eigenvalue weighted by molar-refractivity contribution is 9.10. The van der Waals surface area contributed by atoms with Crippen molar-refractivity contribution in [1.29, 1.82) is 0 Å². The molecule has 0 bridgehead atoms. The number of morpholine rings is 1. The monoisotopic (exact) mass is 423 g/mol. The summed E-state index contributed by atoms with van der Waals surface area (Å²) in [5.41, 5.74) is 2.53. The number of amides is 1. The molecule has 0 radical (unpaired) electrons. The fourth-order valence-electron chi connectivity index (χ4n) is 2.68. The highest BCUT2D eigenvalue weighted by Gasteiger charge is 2.18. The van der Waals surface area contributed by atoms with Gasteiger partial charge in [0, 0.05) is 23.2 Å². The summed E-state index contributed by atoms with van der Waals surface area (Å²) in [6.07, 6.45) is 0. The summed E-state index contributed by atoms with van der Waals surface area (Å²) in [6, 6.07) is 13.1. The molecule has 2 aromatic carbocycles. The molecule has 132 valence electrons. The molecule has 1 saturated heterocycles. The number of rotatable bonds is 5. The molecule has 0 aliphatic carbocycles. The number of carbonyl (C=O) groups excluding carboxylic acids is 1. The summed E-state index contributed by atoms with van der Waals surface area (Å²) in [4.78, 5) is 14.4. The van der Waals surface area contributed by atoms with Crippen molar-refractivity contribution in [1.82, 2.24) is 0 Å². The Labute approximate surface area is 160 Å². The first-order chi connectivity index (χ1) is 12.1. The second-order valence-corrected chi connectivity index (χ2v) is 6.97. The lowest BCUT2D eigenvalue weighted by molar-refractivity contribution is -0.114. The van der Waals surface area contributed by atoms with Gasteiger partial charge in [0.2, 0.25) is 5.91 Å². The van der Waals surface area contributed by atoms with Gasteiger partial charge in [-0.1, -0.05) is 33.6 Å². The molecule has 0 aromatic heterocycles. The van der Waals surface area contributed by atoms with Crippen molar-refractivity contribution in [2.45, 2.75) is 0 Å². The van der Waals surface area contributed by atoms with Crippen LogP contribution in [-0.2, 0) is 9.53 Å². The summed E-state index contributed by atoms with van der Waals surface area (Å²) >= 11 is 9.77. The first kappa shape index (κ1) is 18.0. The molecule has 3 rings (SSSR count). The zero-order chi connectivity index (χ0) is 17.6. The van der Waals surface area contributed by atoms with Crippen LogP contribution in [0.5, 0.6) is 0 Å². The van der Waals surface area contributed by atoms with E-state index < -0.39 is 0 Å². The summed E-state index contributed by atoms with van der Waals surface area (Å²) in [7, 11) is 0. The molecule has 1 amide bonds. The predicted molar refractivity (Wildman–Crippen MR) is 106 cm³/mol. The molecule has 0 unspecified atom stereocenters. The molecule has 1 aliphatic rings. The minimum atomic E-state index is -0.116. The molecule has 5 nitrogen and oxygen atoms in total. The topological polar surface area (TPSA) is 53.6 Å². The summed E-state index contributed by atoms with van der Waals surface area (Å²) in [5.74, 6) is -0.116. The number of nitrogens with zero attached hydrogens (tertiary/aromatic N) is 1. The maximum absolute atomic E-state index is 12.2. The Morgan fingerprint density at radius 3 is 2.60 bits per heavy atom. The number of benzene rings is 2. The minimum absolute atomic E-state index is 0.116. The number of halogens is 2. The second-order valence-electron chi connectivity index (χ2n) is 5.64. The van der Waals surface area contributed by atoms with Gasteiger partial charge in [-0.3, -0.25) is 4.79 Å². The second kappa shape index (κ2) is 8.56. The Hall–Kier alpha value is -1.76. The molecule has 0 spiro atoms. The van der Waals surface area contributed by atoms with Crippen molar-refractivity contribution in [2.24, 2.45) is 0 Å². The molecule has 25 heavy (non-hydrogen) atoms. The van der Waals surface area contributed by atoms with Crippen molar-refractivity contribution >= 4 is 50.5 Å². The zero-order valence-electron chi connectivity index (χ0n) is 13.6. The van der Waals surface area contributed by atoms with E-state index in [9.17, 15) is 4.79 Å². The highest BCUT2D eigenvalue weighted by Crippen LogP contribution is 2.34. The molecule has 0 saturated carbocycles. The lowest BCUT2D eigenvalue weighted by atomic mass is 10.2. The Balaban J connectivity index is 1.65. The van der Waals surface area contributed by atoms with Crippen LogP contribution in [0.4, 0.5) is 17.1 Å². The summed E-state index contributed by atoms with van der Waals surface area (Å²) in [6.45, 7) is 3.07. The van der Waals surface area contributed by atoms with Gasteiger partial charge in [-0.2, -0.15) is 0 Å². The third kappa shape index (κ3) is 4.87.